The van der Waals surface area contributed by atoms with Crippen LogP contribution in [0.25, 0.3) is 22.2 Å². The summed E-state index contributed by atoms with van der Waals surface area (Å²) in [6.45, 7) is 4.79. The monoisotopic (exact) mass is 414 g/mol. The smallest absolute Gasteiger partial charge is 0.323 e. The number of fused-ring (bicyclic) bond motifs is 1. The largest absolute Gasteiger partial charge is 0.497 e. The van der Waals surface area contributed by atoms with E-state index in [2.05, 4.69) is 22.1 Å². The molecular formula is C25H26N4O2. The van der Waals surface area contributed by atoms with Crippen LogP contribution in [0, 0.1) is 6.92 Å². The number of urea groups is 1. The average molecular weight is 415 g/mol. The normalized spacial score (nSPS) is 10.8. The number of hydrogen-bond acceptors (Lipinski definition) is 3. The molecule has 0 fully saturated rings. The minimum atomic E-state index is -0.291. The maximum absolute atomic E-state index is 12.5. The fourth-order valence-corrected chi connectivity index (χ4v) is 3.86. The van der Waals surface area contributed by atoms with Crippen LogP contribution in [0.15, 0.2) is 66.7 Å². The first-order valence-corrected chi connectivity index (χ1v) is 10.2. The molecule has 0 unspecified atom stereocenters. The Labute approximate surface area is 181 Å². The molecule has 6 heteroatoms. The number of para-hydroxylation sites is 1. The topological polar surface area (TPSA) is 81.3 Å². The van der Waals surface area contributed by atoms with Gasteiger partial charge in [0.05, 0.1) is 24.0 Å². The predicted molar refractivity (Wildman–Crippen MR) is 128 cm³/mol. The highest BCUT2D eigenvalue weighted by Crippen LogP contribution is 2.38. The number of nitrogens with one attached hydrogen (secondary N) is 2. The van der Waals surface area contributed by atoms with E-state index < -0.39 is 0 Å². The Bertz CT molecular complexity index is 1260. The lowest BCUT2D eigenvalue weighted by Crippen LogP contribution is -2.19. The van der Waals surface area contributed by atoms with Crippen molar-refractivity contribution in [3.8, 4) is 17.0 Å². The fourth-order valence-electron chi connectivity index (χ4n) is 3.86. The number of anilines is 3. The number of carbonyl (C=O) groups is 1. The Morgan fingerprint density at radius 3 is 2.58 bits per heavy atom. The van der Waals surface area contributed by atoms with Gasteiger partial charge in [-0.2, -0.15) is 0 Å². The van der Waals surface area contributed by atoms with E-state index in [0.717, 1.165) is 45.7 Å². The number of hydrogen-bond donors (Lipinski definition) is 3. The predicted octanol–water partition coefficient (Wildman–Crippen LogP) is 5.87. The number of carbonyl (C=O) groups excluding carboxylic acids is 1. The number of nitrogens with two attached hydrogens (primary N) is 1. The van der Waals surface area contributed by atoms with E-state index in [1.54, 1.807) is 7.11 Å². The maximum atomic E-state index is 12.5. The average Bonchev–Trinajstić information content (AvgIpc) is 3.06. The van der Waals surface area contributed by atoms with Gasteiger partial charge in [0.15, 0.2) is 0 Å². The van der Waals surface area contributed by atoms with Gasteiger partial charge in [0.25, 0.3) is 0 Å². The molecule has 158 valence electrons. The van der Waals surface area contributed by atoms with Gasteiger partial charge in [-0.3, -0.25) is 0 Å². The summed E-state index contributed by atoms with van der Waals surface area (Å²) in [5, 5.41) is 6.79. The number of nitrogen functional groups attached to an aromatic ring is 1. The number of methoxy groups -OCH3 is 1. The van der Waals surface area contributed by atoms with Crippen molar-refractivity contribution in [1.29, 1.82) is 0 Å². The summed E-state index contributed by atoms with van der Waals surface area (Å²) < 4.78 is 7.55. The number of ether oxygens (including phenoxy) is 1. The highest BCUT2D eigenvalue weighted by molar-refractivity contribution is 6.03. The summed E-state index contributed by atoms with van der Waals surface area (Å²) in [5.74, 6) is 0.787. The molecule has 6 nitrogen and oxygen atoms in total. The summed E-state index contributed by atoms with van der Waals surface area (Å²) in [7, 11) is 1.65. The molecule has 4 aromatic rings. The van der Waals surface area contributed by atoms with Crippen molar-refractivity contribution in [3.63, 3.8) is 0 Å². The van der Waals surface area contributed by atoms with Crippen molar-refractivity contribution in [2.45, 2.75) is 20.4 Å². The van der Waals surface area contributed by atoms with Crippen molar-refractivity contribution in [3.05, 3.63) is 72.3 Å². The number of aromatic nitrogens is 1. The molecule has 4 N–H and O–H groups in total. The van der Waals surface area contributed by atoms with Gasteiger partial charge < -0.3 is 25.7 Å². The number of amides is 2. The Morgan fingerprint density at radius 1 is 1.03 bits per heavy atom. The van der Waals surface area contributed by atoms with E-state index in [9.17, 15) is 4.79 Å². The molecule has 0 spiro atoms. The second-order valence-electron chi connectivity index (χ2n) is 7.36. The number of nitrogens with zero attached hydrogens (tertiary/aromatic N) is 1. The molecule has 0 bridgehead atoms. The first-order chi connectivity index (χ1) is 15.0. The molecule has 0 aliphatic carbocycles. The molecule has 1 aromatic heterocycles. The van der Waals surface area contributed by atoms with Gasteiger partial charge >= 0.3 is 6.03 Å². The summed E-state index contributed by atoms with van der Waals surface area (Å²) in [6, 6.07) is 21.0. The third-order valence-corrected chi connectivity index (χ3v) is 5.41. The third-order valence-electron chi connectivity index (χ3n) is 5.41. The zero-order valence-electron chi connectivity index (χ0n) is 17.9. The van der Waals surface area contributed by atoms with Gasteiger partial charge in [-0.1, -0.05) is 30.3 Å². The highest BCUT2D eigenvalue weighted by atomic mass is 16.5. The van der Waals surface area contributed by atoms with Crippen LogP contribution in [0.2, 0.25) is 0 Å². The first-order valence-electron chi connectivity index (χ1n) is 10.2. The summed E-state index contributed by atoms with van der Waals surface area (Å²) in [4.78, 5) is 12.5. The van der Waals surface area contributed by atoms with Crippen LogP contribution in [0.3, 0.4) is 0 Å². The summed E-state index contributed by atoms with van der Waals surface area (Å²) in [5.41, 5.74) is 12.6. The molecule has 2 amide bonds. The molecule has 0 aliphatic heterocycles. The van der Waals surface area contributed by atoms with Gasteiger partial charge in [0, 0.05) is 34.9 Å². The number of rotatable bonds is 5. The Hall–Kier alpha value is -3.93. The Morgan fingerprint density at radius 2 is 1.84 bits per heavy atom. The minimum Gasteiger partial charge on any atom is -0.497 e. The molecule has 3 aromatic carbocycles. The van der Waals surface area contributed by atoms with E-state index >= 15 is 0 Å². The van der Waals surface area contributed by atoms with Crippen LogP contribution in [0.4, 0.5) is 21.9 Å². The third kappa shape index (κ3) is 3.92. The Balaban J connectivity index is 1.67. The fraction of sp³-hybridized carbons (Fsp3) is 0.160. The first kappa shape index (κ1) is 20.3. The molecule has 0 atom stereocenters. The van der Waals surface area contributed by atoms with Gasteiger partial charge in [-0.25, -0.2) is 4.79 Å². The molecule has 0 aliphatic rings. The Kier molecular flexibility index (Phi) is 5.54. The van der Waals surface area contributed by atoms with Crippen molar-refractivity contribution in [1.82, 2.24) is 4.57 Å². The van der Waals surface area contributed by atoms with Gasteiger partial charge in [-0.15, -0.1) is 0 Å². The van der Waals surface area contributed by atoms with Crippen molar-refractivity contribution < 1.29 is 9.53 Å². The van der Waals surface area contributed by atoms with Crippen LogP contribution in [-0.2, 0) is 6.54 Å². The molecule has 0 saturated heterocycles. The summed E-state index contributed by atoms with van der Waals surface area (Å²) in [6.07, 6.45) is 0. The zero-order chi connectivity index (χ0) is 22.0. The molecule has 4 rings (SSSR count). The number of benzene rings is 3. The molecule has 0 radical (unpaired) electrons. The lowest BCUT2D eigenvalue weighted by molar-refractivity contribution is 0.262. The minimum absolute atomic E-state index is 0.291. The van der Waals surface area contributed by atoms with E-state index in [1.807, 2.05) is 73.7 Å². The van der Waals surface area contributed by atoms with Crippen molar-refractivity contribution >= 4 is 34.0 Å². The van der Waals surface area contributed by atoms with Crippen LogP contribution >= 0.6 is 0 Å². The second-order valence-corrected chi connectivity index (χ2v) is 7.36. The van der Waals surface area contributed by atoms with Crippen molar-refractivity contribution in [2.24, 2.45) is 0 Å². The molecular weight excluding hydrogens is 388 g/mol. The second kappa shape index (κ2) is 8.44. The van der Waals surface area contributed by atoms with Crippen LogP contribution in [0.1, 0.15) is 12.5 Å². The van der Waals surface area contributed by atoms with Gasteiger partial charge in [-0.05, 0) is 49.7 Å². The molecule has 31 heavy (non-hydrogen) atoms. The maximum Gasteiger partial charge on any atom is 0.323 e. The standard InChI is InChI=1S/C25H26N4O2/c1-4-29-22-15-19(31-3)12-13-20(22)23(26)24(29)17-9-7-10-18(14-17)27-25(30)28-21-11-6-5-8-16(21)2/h5-15H,4,26H2,1-3H3,(H2,27,28,30). The van der Waals surface area contributed by atoms with E-state index in [0.29, 0.717) is 11.4 Å². The van der Waals surface area contributed by atoms with Crippen LogP contribution < -0.4 is 21.1 Å². The summed E-state index contributed by atoms with van der Waals surface area (Å²) >= 11 is 0. The number of aryl methyl sites for hydroxylation is 2. The quantitative estimate of drug-likeness (QED) is 0.382. The van der Waals surface area contributed by atoms with Gasteiger partial charge in [0.1, 0.15) is 5.75 Å². The lowest BCUT2D eigenvalue weighted by atomic mass is 10.1. The van der Waals surface area contributed by atoms with Gasteiger partial charge in [0.2, 0.25) is 0 Å². The molecule has 1 heterocycles. The highest BCUT2D eigenvalue weighted by Gasteiger charge is 2.17. The zero-order valence-corrected chi connectivity index (χ0v) is 17.9. The van der Waals surface area contributed by atoms with Crippen LogP contribution in [-0.4, -0.2) is 17.7 Å². The van der Waals surface area contributed by atoms with Crippen LogP contribution in [0.5, 0.6) is 5.75 Å². The molecule has 0 saturated carbocycles. The van der Waals surface area contributed by atoms with E-state index in [-0.39, 0.29) is 6.03 Å². The SMILES string of the molecule is CCn1c(-c2cccc(NC(=O)Nc3ccccc3C)c2)c(N)c2ccc(OC)cc21. The van der Waals surface area contributed by atoms with E-state index in [1.165, 1.54) is 0 Å². The van der Waals surface area contributed by atoms with E-state index in [4.69, 9.17) is 10.5 Å². The lowest BCUT2D eigenvalue weighted by Gasteiger charge is -2.12. The van der Waals surface area contributed by atoms with Crippen molar-refractivity contribution in [2.75, 3.05) is 23.5 Å².